The van der Waals surface area contributed by atoms with Gasteiger partial charge in [0, 0.05) is 10.1 Å². The van der Waals surface area contributed by atoms with E-state index in [1.165, 1.54) is 11.8 Å². The molecule has 1 rings (SSSR count). The van der Waals surface area contributed by atoms with Gasteiger partial charge in [-0.2, -0.15) is 0 Å². The molecule has 0 aliphatic rings. The van der Waals surface area contributed by atoms with E-state index in [4.69, 9.17) is 28.3 Å². The molecule has 82 valence electrons. The van der Waals surface area contributed by atoms with Crippen LogP contribution >= 0.6 is 35.0 Å². The first-order valence-corrected chi connectivity index (χ1v) is 5.96. The van der Waals surface area contributed by atoms with E-state index in [0.717, 1.165) is 4.90 Å². The molecule has 0 radical (unpaired) electrons. The lowest BCUT2D eigenvalue weighted by atomic mass is 10.3. The summed E-state index contributed by atoms with van der Waals surface area (Å²) in [5.74, 6) is -0.796. The minimum absolute atomic E-state index is 0.0137. The summed E-state index contributed by atoms with van der Waals surface area (Å²) >= 11 is 13.1. The molecule has 0 aliphatic heterocycles. The number of benzene rings is 1. The summed E-state index contributed by atoms with van der Waals surface area (Å²) in [6.07, 6.45) is 0.130. The van der Waals surface area contributed by atoms with Crippen molar-refractivity contribution in [3.8, 4) is 0 Å². The first kappa shape index (κ1) is 12.7. The van der Waals surface area contributed by atoms with Crippen LogP contribution in [0.3, 0.4) is 0 Å². The summed E-state index contributed by atoms with van der Waals surface area (Å²) in [6, 6.07) is 5.28. The largest absolute Gasteiger partial charge is 0.481 e. The van der Waals surface area contributed by atoms with Gasteiger partial charge in [-0.1, -0.05) is 30.1 Å². The van der Waals surface area contributed by atoms with Crippen LogP contribution < -0.4 is 0 Å². The van der Waals surface area contributed by atoms with Gasteiger partial charge in [0.2, 0.25) is 0 Å². The van der Waals surface area contributed by atoms with E-state index in [1.54, 1.807) is 12.1 Å². The molecule has 1 aromatic rings. The van der Waals surface area contributed by atoms with E-state index in [9.17, 15) is 4.79 Å². The third-order valence-electron chi connectivity index (χ3n) is 1.69. The molecule has 5 heteroatoms. The Balaban J connectivity index is 2.64. The van der Waals surface area contributed by atoms with Crippen molar-refractivity contribution in [2.75, 3.05) is 0 Å². The van der Waals surface area contributed by atoms with Crippen molar-refractivity contribution in [3.05, 3.63) is 28.2 Å². The Bertz CT molecular complexity index is 368. The van der Waals surface area contributed by atoms with Gasteiger partial charge in [-0.15, -0.1) is 11.8 Å². The zero-order valence-electron chi connectivity index (χ0n) is 8.04. The van der Waals surface area contributed by atoms with Gasteiger partial charge in [-0.3, -0.25) is 4.79 Å². The monoisotopic (exact) mass is 264 g/mol. The Morgan fingerprint density at radius 1 is 1.47 bits per heavy atom. The minimum Gasteiger partial charge on any atom is -0.481 e. The number of aliphatic carboxylic acids is 1. The third-order valence-corrected chi connectivity index (χ3v) is 3.52. The first-order valence-electron chi connectivity index (χ1n) is 4.32. The maximum atomic E-state index is 10.5. The van der Waals surface area contributed by atoms with Gasteiger partial charge in [0.05, 0.1) is 16.5 Å². The van der Waals surface area contributed by atoms with Crippen molar-refractivity contribution in [2.45, 2.75) is 23.5 Å². The quantitative estimate of drug-likeness (QED) is 0.837. The Morgan fingerprint density at radius 2 is 2.13 bits per heavy atom. The van der Waals surface area contributed by atoms with E-state index in [-0.39, 0.29) is 11.7 Å². The summed E-state index contributed by atoms with van der Waals surface area (Å²) in [4.78, 5) is 11.4. The Kier molecular flexibility index (Phi) is 4.77. The lowest BCUT2D eigenvalue weighted by Crippen LogP contribution is -2.05. The summed E-state index contributed by atoms with van der Waals surface area (Å²) < 4.78 is 0. The molecule has 0 amide bonds. The van der Waals surface area contributed by atoms with Crippen LogP contribution in [0.15, 0.2) is 23.1 Å². The molecular weight excluding hydrogens is 255 g/mol. The van der Waals surface area contributed by atoms with E-state index >= 15 is 0 Å². The number of carboxylic acids is 1. The molecule has 0 spiro atoms. The maximum absolute atomic E-state index is 10.5. The van der Waals surface area contributed by atoms with Gasteiger partial charge >= 0.3 is 5.97 Å². The van der Waals surface area contributed by atoms with E-state index < -0.39 is 5.97 Å². The van der Waals surface area contributed by atoms with E-state index in [1.807, 2.05) is 13.0 Å². The van der Waals surface area contributed by atoms with Crippen LogP contribution in [-0.2, 0) is 4.79 Å². The number of halogens is 2. The SMILES string of the molecule is CC(CC(=O)O)Sc1ccc(Cl)c(Cl)c1. The number of hydrogen-bond acceptors (Lipinski definition) is 2. The normalized spacial score (nSPS) is 12.5. The molecule has 0 aliphatic carbocycles. The summed E-state index contributed by atoms with van der Waals surface area (Å²) in [5, 5.41) is 9.61. The van der Waals surface area contributed by atoms with E-state index in [2.05, 4.69) is 0 Å². The molecule has 1 unspecified atom stereocenters. The fourth-order valence-electron chi connectivity index (χ4n) is 1.07. The summed E-state index contributed by atoms with van der Waals surface area (Å²) in [7, 11) is 0. The van der Waals surface area contributed by atoms with Crippen LogP contribution in [0.25, 0.3) is 0 Å². The molecule has 0 heterocycles. The van der Waals surface area contributed by atoms with Crippen LogP contribution in [-0.4, -0.2) is 16.3 Å². The molecule has 15 heavy (non-hydrogen) atoms. The van der Waals surface area contributed by atoms with Crippen molar-refractivity contribution >= 4 is 40.9 Å². The number of rotatable bonds is 4. The van der Waals surface area contributed by atoms with Crippen molar-refractivity contribution in [1.82, 2.24) is 0 Å². The minimum atomic E-state index is -0.796. The fraction of sp³-hybridized carbons (Fsp3) is 0.300. The predicted molar refractivity (Wildman–Crippen MR) is 64.0 cm³/mol. The molecule has 0 aromatic heterocycles. The first-order chi connectivity index (χ1) is 6.99. The highest BCUT2D eigenvalue weighted by Gasteiger charge is 2.09. The second kappa shape index (κ2) is 5.64. The summed E-state index contributed by atoms with van der Waals surface area (Å²) in [6.45, 7) is 1.86. The summed E-state index contributed by atoms with van der Waals surface area (Å²) in [5.41, 5.74) is 0. The predicted octanol–water partition coefficient (Wildman–Crippen LogP) is 3.95. The molecular formula is C10H10Cl2O2S. The topological polar surface area (TPSA) is 37.3 Å². The average molecular weight is 265 g/mol. The Labute approximate surface area is 103 Å². The lowest BCUT2D eigenvalue weighted by Gasteiger charge is -2.08. The highest BCUT2D eigenvalue weighted by molar-refractivity contribution is 8.00. The second-order valence-electron chi connectivity index (χ2n) is 3.10. The number of carbonyl (C=O) groups is 1. The Morgan fingerprint density at radius 3 is 2.67 bits per heavy atom. The molecule has 1 aromatic carbocycles. The molecule has 2 nitrogen and oxygen atoms in total. The average Bonchev–Trinajstić information content (AvgIpc) is 2.10. The van der Waals surface area contributed by atoms with Gasteiger partial charge in [-0.05, 0) is 18.2 Å². The van der Waals surface area contributed by atoms with E-state index in [0.29, 0.717) is 10.0 Å². The van der Waals surface area contributed by atoms with Gasteiger partial charge in [0.1, 0.15) is 0 Å². The van der Waals surface area contributed by atoms with Crippen LogP contribution in [0.4, 0.5) is 0 Å². The van der Waals surface area contributed by atoms with Gasteiger partial charge < -0.3 is 5.11 Å². The zero-order valence-corrected chi connectivity index (χ0v) is 10.4. The van der Waals surface area contributed by atoms with Crippen molar-refractivity contribution in [2.24, 2.45) is 0 Å². The highest BCUT2D eigenvalue weighted by Crippen LogP contribution is 2.30. The smallest absolute Gasteiger partial charge is 0.304 e. The maximum Gasteiger partial charge on any atom is 0.304 e. The van der Waals surface area contributed by atoms with Crippen molar-refractivity contribution in [1.29, 1.82) is 0 Å². The highest BCUT2D eigenvalue weighted by atomic mass is 35.5. The van der Waals surface area contributed by atoms with Crippen LogP contribution in [0, 0.1) is 0 Å². The van der Waals surface area contributed by atoms with Crippen LogP contribution in [0.1, 0.15) is 13.3 Å². The standard InChI is InChI=1S/C10H10Cl2O2S/c1-6(4-10(13)14)15-7-2-3-8(11)9(12)5-7/h2-3,5-6H,4H2,1H3,(H,13,14). The lowest BCUT2D eigenvalue weighted by molar-refractivity contribution is -0.136. The van der Waals surface area contributed by atoms with Gasteiger partial charge in [0.25, 0.3) is 0 Å². The molecule has 0 bridgehead atoms. The van der Waals surface area contributed by atoms with Crippen LogP contribution in [0.5, 0.6) is 0 Å². The van der Waals surface area contributed by atoms with Crippen molar-refractivity contribution in [3.63, 3.8) is 0 Å². The number of hydrogen-bond donors (Lipinski definition) is 1. The molecule has 0 fully saturated rings. The molecule has 0 saturated carbocycles. The number of thioether (sulfide) groups is 1. The second-order valence-corrected chi connectivity index (χ2v) is 5.43. The van der Waals surface area contributed by atoms with Gasteiger partial charge in [-0.25, -0.2) is 0 Å². The molecule has 0 saturated heterocycles. The van der Waals surface area contributed by atoms with Crippen molar-refractivity contribution < 1.29 is 9.90 Å². The van der Waals surface area contributed by atoms with Gasteiger partial charge in [0.15, 0.2) is 0 Å². The van der Waals surface area contributed by atoms with Crippen LogP contribution in [0.2, 0.25) is 10.0 Å². The number of carboxylic acid groups (broad SMARTS) is 1. The third kappa shape index (κ3) is 4.33. The fourth-order valence-corrected chi connectivity index (χ4v) is 2.46. The molecule has 1 N–H and O–H groups in total. The zero-order chi connectivity index (χ0) is 11.4. The molecule has 1 atom stereocenters. The Hall–Kier alpha value is -0.380.